The molecule has 2 rings (SSSR count). The fraction of sp³-hybridized carbons (Fsp3) is 0.125. The van der Waals surface area contributed by atoms with Crippen molar-refractivity contribution >= 4 is 59.2 Å². The van der Waals surface area contributed by atoms with Crippen molar-refractivity contribution in [1.82, 2.24) is 0 Å². The van der Waals surface area contributed by atoms with Crippen LogP contribution in [0.4, 0.5) is 0 Å². The minimum atomic E-state index is -2.52. The summed E-state index contributed by atoms with van der Waals surface area (Å²) in [7, 11) is -2.52. The van der Waals surface area contributed by atoms with Crippen molar-refractivity contribution in [3.63, 3.8) is 0 Å². The standard InChI is InChI=1S/C16H14I2O2Te/c17-21(18,11-15(19)13-7-3-1-4-8-13)12-16(20)14-9-5-2-6-10-14/h1-10H,11-12H2. The Morgan fingerprint density at radius 3 is 1.38 bits per heavy atom. The summed E-state index contributed by atoms with van der Waals surface area (Å²) in [4.78, 5) is 24.6. The number of benzene rings is 2. The topological polar surface area (TPSA) is 34.1 Å². The van der Waals surface area contributed by atoms with Gasteiger partial charge in [-0.25, -0.2) is 0 Å². The van der Waals surface area contributed by atoms with Gasteiger partial charge in [0.1, 0.15) is 0 Å². The van der Waals surface area contributed by atoms with E-state index < -0.39 is 10.3 Å². The molecule has 0 aliphatic carbocycles. The minimum absolute atomic E-state index is 0.154. The van der Waals surface area contributed by atoms with Crippen molar-refractivity contribution in [2.24, 2.45) is 0 Å². The summed E-state index contributed by atoms with van der Waals surface area (Å²) in [5.41, 5.74) is 1.49. The number of rotatable bonds is 6. The quantitative estimate of drug-likeness (QED) is 0.257. The van der Waals surface area contributed by atoms with E-state index in [9.17, 15) is 9.59 Å². The van der Waals surface area contributed by atoms with Gasteiger partial charge in [-0.15, -0.1) is 0 Å². The molecule has 2 nitrogen and oxygen atoms in total. The zero-order valence-electron chi connectivity index (χ0n) is 11.2. The molecule has 110 valence electrons. The second-order valence-corrected chi connectivity index (χ2v) is 44.1. The van der Waals surface area contributed by atoms with Crippen LogP contribution in [0.15, 0.2) is 60.7 Å². The first-order valence-electron chi connectivity index (χ1n) is 6.32. The molecule has 0 fully saturated rings. The molecule has 0 saturated carbocycles. The predicted molar refractivity (Wildman–Crippen MR) is 105 cm³/mol. The molecule has 0 aromatic heterocycles. The third-order valence-corrected chi connectivity index (χ3v) is 15.1. The second-order valence-electron chi connectivity index (χ2n) is 4.57. The van der Waals surface area contributed by atoms with E-state index in [1.807, 2.05) is 60.7 Å². The third-order valence-electron chi connectivity index (χ3n) is 2.88. The first-order chi connectivity index (χ1) is 9.98. The van der Waals surface area contributed by atoms with Crippen LogP contribution in [-0.4, -0.2) is 21.9 Å². The molecule has 0 radical (unpaired) electrons. The van der Waals surface area contributed by atoms with E-state index in [-0.39, 0.29) is 11.6 Å². The monoisotopic (exact) mass is 622 g/mol. The van der Waals surface area contributed by atoms with E-state index in [0.717, 1.165) is 11.1 Å². The van der Waals surface area contributed by atoms with Gasteiger partial charge in [0.2, 0.25) is 0 Å². The maximum atomic E-state index is 12.3. The number of hydrogen-bond donors (Lipinski definition) is 0. The SMILES string of the molecule is O=C(C[Te](I)(I)CC(=O)c1ccccc1)c1ccccc1. The molecule has 0 saturated heterocycles. The van der Waals surface area contributed by atoms with Gasteiger partial charge in [-0.2, -0.15) is 0 Å². The van der Waals surface area contributed by atoms with Crippen LogP contribution in [0.3, 0.4) is 0 Å². The first kappa shape index (κ1) is 17.4. The van der Waals surface area contributed by atoms with Crippen LogP contribution >= 0.6 is 37.4 Å². The van der Waals surface area contributed by atoms with Gasteiger partial charge < -0.3 is 0 Å². The van der Waals surface area contributed by atoms with Crippen LogP contribution in [0.1, 0.15) is 20.7 Å². The van der Waals surface area contributed by atoms with Gasteiger partial charge in [-0.05, 0) is 0 Å². The van der Waals surface area contributed by atoms with Crippen LogP contribution in [0.25, 0.3) is 0 Å². The average Bonchev–Trinajstić information content (AvgIpc) is 2.48. The Labute approximate surface area is 148 Å². The van der Waals surface area contributed by atoms with Gasteiger partial charge in [0.25, 0.3) is 0 Å². The molecule has 0 N–H and O–H groups in total. The number of Topliss-reactive ketones (excluding diaryl/α,β-unsaturated/α-hetero) is 2. The summed E-state index contributed by atoms with van der Waals surface area (Å²) in [6.07, 6.45) is 0. The number of ketones is 2. The van der Waals surface area contributed by atoms with Crippen molar-refractivity contribution in [3.8, 4) is 0 Å². The molecule has 0 bridgehead atoms. The predicted octanol–water partition coefficient (Wildman–Crippen LogP) is 5.06. The molecule has 0 aliphatic rings. The van der Waals surface area contributed by atoms with Crippen LogP contribution < -0.4 is 0 Å². The molecule has 0 unspecified atom stereocenters. The average molecular weight is 620 g/mol. The number of halogens is 2. The van der Waals surface area contributed by atoms with Crippen molar-refractivity contribution in [3.05, 3.63) is 71.8 Å². The molecular formula is C16H14I2O2Te. The summed E-state index contributed by atoms with van der Waals surface area (Å²) in [6.45, 7) is 0. The fourth-order valence-electron chi connectivity index (χ4n) is 1.85. The van der Waals surface area contributed by atoms with Crippen LogP contribution in [0.5, 0.6) is 0 Å². The van der Waals surface area contributed by atoms with Gasteiger partial charge in [0.15, 0.2) is 0 Å². The Morgan fingerprint density at radius 2 is 1.05 bits per heavy atom. The molecule has 0 atom stereocenters. The van der Waals surface area contributed by atoms with Gasteiger partial charge in [0, 0.05) is 0 Å². The second kappa shape index (κ2) is 8.04. The molecule has 2 aromatic rings. The Morgan fingerprint density at radius 1 is 0.714 bits per heavy atom. The van der Waals surface area contributed by atoms with Crippen molar-refractivity contribution in [2.45, 2.75) is 8.94 Å². The Hall–Kier alpha value is 0.0296. The molecule has 0 aliphatic heterocycles. The van der Waals surface area contributed by atoms with Crippen LogP contribution in [-0.2, 0) is 0 Å². The molecule has 0 amide bonds. The van der Waals surface area contributed by atoms with Crippen molar-refractivity contribution in [1.29, 1.82) is 0 Å². The molecular weight excluding hydrogens is 606 g/mol. The van der Waals surface area contributed by atoms with Crippen molar-refractivity contribution in [2.75, 3.05) is 0 Å². The summed E-state index contributed by atoms with van der Waals surface area (Å²) < 4.78 is 1.07. The van der Waals surface area contributed by atoms with Gasteiger partial charge >= 0.3 is 150 Å². The van der Waals surface area contributed by atoms with Crippen LogP contribution in [0.2, 0.25) is 8.94 Å². The Kier molecular flexibility index (Phi) is 6.66. The molecule has 5 heteroatoms. The number of hydrogen-bond acceptors (Lipinski definition) is 2. The summed E-state index contributed by atoms with van der Waals surface area (Å²) in [5, 5.41) is 0. The molecule has 21 heavy (non-hydrogen) atoms. The zero-order chi connectivity index (χ0) is 15.3. The fourth-order valence-corrected chi connectivity index (χ4v) is 12.9. The summed E-state index contributed by atoms with van der Waals surface area (Å²) in [6, 6.07) is 18.7. The van der Waals surface area contributed by atoms with E-state index in [1.54, 1.807) is 0 Å². The molecule has 2 aromatic carbocycles. The van der Waals surface area contributed by atoms with Crippen LogP contribution in [0, 0.1) is 0 Å². The number of carbonyl (C=O) groups excluding carboxylic acids is 2. The molecule has 0 heterocycles. The normalized spacial score (nSPS) is 11.9. The summed E-state index contributed by atoms with van der Waals surface area (Å²) in [5.74, 6) is 0.308. The maximum absolute atomic E-state index is 12.3. The van der Waals surface area contributed by atoms with E-state index in [1.165, 1.54) is 0 Å². The van der Waals surface area contributed by atoms with E-state index in [4.69, 9.17) is 0 Å². The Bertz CT molecular complexity index is 572. The summed E-state index contributed by atoms with van der Waals surface area (Å²) >= 11 is 4.79. The Balaban J connectivity index is 2.02. The van der Waals surface area contributed by atoms with Gasteiger partial charge in [-0.3, -0.25) is 0 Å². The van der Waals surface area contributed by atoms with E-state index in [0.29, 0.717) is 8.94 Å². The first-order valence-corrected chi connectivity index (χ1v) is 23.2. The van der Waals surface area contributed by atoms with Gasteiger partial charge in [-0.1, -0.05) is 0 Å². The van der Waals surface area contributed by atoms with E-state index in [2.05, 4.69) is 37.4 Å². The van der Waals surface area contributed by atoms with Gasteiger partial charge in [0.05, 0.1) is 0 Å². The number of carbonyl (C=O) groups is 2. The third kappa shape index (κ3) is 5.62. The van der Waals surface area contributed by atoms with E-state index >= 15 is 0 Å². The molecule has 0 spiro atoms. The van der Waals surface area contributed by atoms with Crippen molar-refractivity contribution < 1.29 is 9.59 Å². The zero-order valence-corrected chi connectivity index (χ0v) is 17.8.